The number of hydrogen-bond acceptors (Lipinski definition) is 3. The molecule has 40 heavy (non-hydrogen) atoms. The number of para-hydroxylation sites is 1. The number of hydrogen-bond donors (Lipinski definition) is 1. The van der Waals surface area contributed by atoms with Crippen molar-refractivity contribution in [3.63, 3.8) is 0 Å². The highest BCUT2D eigenvalue weighted by molar-refractivity contribution is 7.80. The molecule has 0 aliphatic carbocycles. The molecular weight excluding hydrogens is 519 g/mol. The van der Waals surface area contributed by atoms with Gasteiger partial charge in [0.05, 0.1) is 17.8 Å². The highest BCUT2D eigenvalue weighted by Gasteiger charge is 2.42. The van der Waals surface area contributed by atoms with E-state index in [-0.39, 0.29) is 17.9 Å². The third-order valence-electron chi connectivity index (χ3n) is 7.39. The van der Waals surface area contributed by atoms with Gasteiger partial charge in [-0.3, -0.25) is 4.98 Å². The van der Waals surface area contributed by atoms with Crippen molar-refractivity contribution in [2.75, 3.05) is 4.90 Å². The molecule has 0 amide bonds. The molecule has 7 heteroatoms. The summed E-state index contributed by atoms with van der Waals surface area (Å²) in [7, 11) is 0. The van der Waals surface area contributed by atoms with Gasteiger partial charge in [0.1, 0.15) is 17.3 Å². The van der Waals surface area contributed by atoms with Crippen LogP contribution in [0.1, 0.15) is 40.3 Å². The fourth-order valence-electron chi connectivity index (χ4n) is 5.52. The van der Waals surface area contributed by atoms with Gasteiger partial charge in [0.2, 0.25) is 0 Å². The van der Waals surface area contributed by atoms with E-state index in [1.54, 1.807) is 18.3 Å². The van der Waals surface area contributed by atoms with Gasteiger partial charge < -0.3 is 19.5 Å². The molecule has 3 heterocycles. The number of benzene rings is 3. The van der Waals surface area contributed by atoms with Gasteiger partial charge in [-0.2, -0.15) is 0 Å². The molecular formula is C33H29FN4OS. The molecule has 200 valence electrons. The number of thiocarbonyl (C=S) groups is 1. The zero-order valence-electron chi connectivity index (χ0n) is 22.5. The first-order chi connectivity index (χ1) is 19.4. The van der Waals surface area contributed by atoms with Crippen LogP contribution in [-0.2, 0) is 0 Å². The third-order valence-corrected chi connectivity index (χ3v) is 7.70. The molecule has 2 atom stereocenters. The van der Waals surface area contributed by atoms with Gasteiger partial charge in [-0.05, 0) is 111 Å². The van der Waals surface area contributed by atoms with Gasteiger partial charge in [-0.25, -0.2) is 4.39 Å². The smallest absolute Gasteiger partial charge is 0.174 e. The highest BCUT2D eigenvalue weighted by atomic mass is 32.1. The molecule has 1 N–H and O–H groups in total. The molecule has 1 saturated heterocycles. The average molecular weight is 549 g/mol. The summed E-state index contributed by atoms with van der Waals surface area (Å²) in [6.07, 6.45) is 1.80. The van der Waals surface area contributed by atoms with Crippen LogP contribution in [0.15, 0.2) is 103 Å². The fraction of sp³-hybridized carbons (Fsp3) is 0.152. The maximum atomic E-state index is 14.2. The van der Waals surface area contributed by atoms with Crippen LogP contribution in [-0.4, -0.2) is 14.7 Å². The lowest BCUT2D eigenvalue weighted by Crippen LogP contribution is -2.29. The Hall–Kier alpha value is -4.49. The standard InChI is InChI=1S/C33H29FN4OS/c1-21-9-4-5-13-30(21)39-27-16-14-25(15-17-27)38-32(31(36-33(38)40)29-12-6-7-18-35-29)28-19-22(2)37(23(28)3)26-11-8-10-24(34)20-26/h4-20,31-32H,1-3H3,(H,36,40)/t31-,32+/m1/s1. The van der Waals surface area contributed by atoms with Crippen molar-refractivity contribution in [2.45, 2.75) is 32.9 Å². The molecule has 5 nitrogen and oxygen atoms in total. The van der Waals surface area contributed by atoms with E-state index < -0.39 is 0 Å². The van der Waals surface area contributed by atoms with Crippen LogP contribution in [0, 0.1) is 26.6 Å². The normalized spacial score (nSPS) is 16.7. The maximum absolute atomic E-state index is 14.2. The van der Waals surface area contributed by atoms with E-state index in [0.29, 0.717) is 5.11 Å². The Bertz CT molecular complexity index is 1680. The second-order valence-corrected chi connectivity index (χ2v) is 10.4. The largest absolute Gasteiger partial charge is 0.457 e. The molecule has 0 spiro atoms. The number of anilines is 1. The summed E-state index contributed by atoms with van der Waals surface area (Å²) < 4.78 is 22.4. The van der Waals surface area contributed by atoms with Gasteiger partial charge in [-0.1, -0.05) is 30.3 Å². The van der Waals surface area contributed by atoms with Crippen LogP contribution in [0.5, 0.6) is 11.5 Å². The number of aromatic nitrogens is 2. The molecule has 1 aliphatic heterocycles. The van der Waals surface area contributed by atoms with Crippen molar-refractivity contribution in [1.29, 1.82) is 0 Å². The monoisotopic (exact) mass is 548 g/mol. The topological polar surface area (TPSA) is 42.3 Å². The number of ether oxygens (including phenoxy) is 1. The summed E-state index contributed by atoms with van der Waals surface area (Å²) in [6.45, 7) is 6.14. The van der Waals surface area contributed by atoms with Gasteiger partial charge in [0.25, 0.3) is 0 Å². The first-order valence-electron chi connectivity index (χ1n) is 13.2. The van der Waals surface area contributed by atoms with Crippen molar-refractivity contribution in [1.82, 2.24) is 14.9 Å². The Labute approximate surface area is 238 Å². The lowest BCUT2D eigenvalue weighted by atomic mass is 9.96. The number of halogens is 1. The Balaban J connectivity index is 1.42. The van der Waals surface area contributed by atoms with Gasteiger partial charge in [-0.15, -0.1) is 0 Å². The Morgan fingerprint density at radius 2 is 1.62 bits per heavy atom. The van der Waals surface area contributed by atoms with E-state index in [4.69, 9.17) is 17.0 Å². The minimum Gasteiger partial charge on any atom is -0.457 e. The van der Waals surface area contributed by atoms with Crippen LogP contribution in [0.2, 0.25) is 0 Å². The second-order valence-electron chi connectivity index (χ2n) is 10.00. The predicted molar refractivity (Wildman–Crippen MR) is 161 cm³/mol. The number of rotatable bonds is 6. The van der Waals surface area contributed by atoms with Crippen LogP contribution in [0.25, 0.3) is 5.69 Å². The summed E-state index contributed by atoms with van der Waals surface area (Å²) in [5.41, 5.74) is 6.81. The van der Waals surface area contributed by atoms with E-state index in [1.807, 2.05) is 86.6 Å². The van der Waals surface area contributed by atoms with Crippen LogP contribution >= 0.6 is 12.2 Å². The minimum atomic E-state index is -0.267. The molecule has 0 radical (unpaired) electrons. The van der Waals surface area contributed by atoms with Gasteiger partial charge in [0, 0.05) is 29.0 Å². The molecule has 3 aromatic carbocycles. The summed E-state index contributed by atoms with van der Waals surface area (Å²) in [5, 5.41) is 4.14. The molecule has 2 aromatic heterocycles. The van der Waals surface area contributed by atoms with E-state index in [1.165, 1.54) is 6.07 Å². The summed E-state index contributed by atoms with van der Waals surface area (Å²) in [6, 6.07) is 30.3. The number of aryl methyl sites for hydroxylation is 2. The molecule has 1 aliphatic rings. The molecule has 0 unspecified atom stereocenters. The zero-order chi connectivity index (χ0) is 27.8. The lowest BCUT2D eigenvalue weighted by Gasteiger charge is -2.28. The summed E-state index contributed by atoms with van der Waals surface area (Å²) in [4.78, 5) is 6.81. The van der Waals surface area contributed by atoms with Gasteiger partial charge in [0.15, 0.2) is 5.11 Å². The van der Waals surface area contributed by atoms with E-state index in [9.17, 15) is 4.39 Å². The lowest BCUT2D eigenvalue weighted by molar-refractivity contribution is 0.479. The maximum Gasteiger partial charge on any atom is 0.174 e. The van der Waals surface area contributed by atoms with Crippen LogP contribution < -0.4 is 15.0 Å². The minimum absolute atomic E-state index is 0.181. The Kier molecular flexibility index (Phi) is 6.82. The van der Waals surface area contributed by atoms with Crippen molar-refractivity contribution in [3.05, 3.63) is 137 Å². The predicted octanol–water partition coefficient (Wildman–Crippen LogP) is 7.91. The third kappa shape index (κ3) is 4.73. The Morgan fingerprint density at radius 1 is 0.850 bits per heavy atom. The zero-order valence-corrected chi connectivity index (χ0v) is 23.3. The molecule has 1 fully saturated rings. The number of nitrogens with zero attached hydrogens (tertiary/aromatic N) is 3. The molecule has 0 bridgehead atoms. The first-order valence-corrected chi connectivity index (χ1v) is 13.6. The molecule has 0 saturated carbocycles. The van der Waals surface area contributed by atoms with E-state index in [2.05, 4.69) is 32.8 Å². The van der Waals surface area contributed by atoms with E-state index >= 15 is 0 Å². The molecule has 5 aromatic rings. The van der Waals surface area contributed by atoms with Crippen molar-refractivity contribution in [3.8, 4) is 17.2 Å². The van der Waals surface area contributed by atoms with Crippen LogP contribution in [0.3, 0.4) is 0 Å². The van der Waals surface area contributed by atoms with Gasteiger partial charge >= 0.3 is 0 Å². The van der Waals surface area contributed by atoms with Crippen molar-refractivity contribution < 1.29 is 9.13 Å². The number of pyridine rings is 1. The summed E-state index contributed by atoms with van der Waals surface area (Å²) in [5.74, 6) is 1.31. The Morgan fingerprint density at radius 3 is 2.35 bits per heavy atom. The van der Waals surface area contributed by atoms with E-state index in [0.717, 1.165) is 51.1 Å². The fourth-order valence-corrected chi connectivity index (χ4v) is 5.87. The molecule has 6 rings (SSSR count). The first kappa shape index (κ1) is 25.8. The second kappa shape index (κ2) is 10.6. The van der Waals surface area contributed by atoms with Crippen molar-refractivity contribution >= 4 is 23.0 Å². The SMILES string of the molecule is Cc1ccccc1Oc1ccc(N2C(=S)N[C@H](c3ccccn3)[C@@H]2c2cc(C)n(-c3cccc(F)c3)c2C)cc1. The van der Waals surface area contributed by atoms with Crippen LogP contribution in [0.4, 0.5) is 10.1 Å². The quantitative estimate of drug-likeness (QED) is 0.219. The number of nitrogens with one attached hydrogen (secondary N) is 1. The highest BCUT2D eigenvalue weighted by Crippen LogP contribution is 2.44. The summed E-state index contributed by atoms with van der Waals surface area (Å²) >= 11 is 5.92. The average Bonchev–Trinajstić information content (AvgIpc) is 3.45. The van der Waals surface area contributed by atoms with Crippen molar-refractivity contribution in [2.24, 2.45) is 0 Å².